The number of hydrogen-bond donors (Lipinski definition) is 2. The molecule has 0 aliphatic rings. The van der Waals surface area contributed by atoms with Crippen LogP contribution in [0.4, 0.5) is 8.78 Å². The maximum Gasteiger partial charge on any atom is 0.278 e. The monoisotopic (exact) mass is 435 g/mol. The van der Waals surface area contributed by atoms with Crippen LogP contribution in [0.15, 0.2) is 42.0 Å². The van der Waals surface area contributed by atoms with E-state index in [0.717, 1.165) is 0 Å². The summed E-state index contributed by atoms with van der Waals surface area (Å²) in [6.45, 7) is -0.121. The van der Waals surface area contributed by atoms with Crippen LogP contribution < -0.4 is 24.4 Å². The lowest BCUT2D eigenvalue weighted by Gasteiger charge is -2.16. The van der Waals surface area contributed by atoms with Crippen molar-refractivity contribution < 1.29 is 37.7 Å². The first-order valence-electron chi connectivity index (χ1n) is 9.00. The fourth-order valence-electron chi connectivity index (χ4n) is 3.03. The lowest BCUT2D eigenvalue weighted by atomic mass is 9.95. The summed E-state index contributed by atoms with van der Waals surface area (Å²) in [6, 6.07) is 7.28. The number of carbonyl (C=O) groups excluding carboxylic acids is 1. The fourth-order valence-corrected chi connectivity index (χ4v) is 3.03. The summed E-state index contributed by atoms with van der Waals surface area (Å²) in [5, 5.41) is 8.86. The largest absolute Gasteiger partial charge is 0.496 e. The molecule has 166 valence electrons. The van der Waals surface area contributed by atoms with Crippen molar-refractivity contribution in [2.24, 2.45) is 0 Å². The van der Waals surface area contributed by atoms with Gasteiger partial charge >= 0.3 is 0 Å². The molecule has 0 radical (unpaired) electrons. The summed E-state index contributed by atoms with van der Waals surface area (Å²) in [4.78, 5) is 11.2. The van der Waals surface area contributed by atoms with E-state index in [-0.39, 0.29) is 46.1 Å². The average molecular weight is 435 g/mol. The summed E-state index contributed by atoms with van der Waals surface area (Å²) in [7, 11) is 5.62. The van der Waals surface area contributed by atoms with Gasteiger partial charge in [0.05, 0.1) is 34.0 Å². The predicted octanol–water partition coefficient (Wildman–Crippen LogP) is 3.94. The Morgan fingerprint density at radius 3 is 2.00 bits per heavy atom. The van der Waals surface area contributed by atoms with Gasteiger partial charge in [0.25, 0.3) is 6.08 Å². The Balaban J connectivity index is 2.71. The molecular formula is C22H23F2NO6. The first-order chi connectivity index (χ1) is 14.9. The molecule has 0 spiro atoms. The molecule has 0 heterocycles. The van der Waals surface area contributed by atoms with Gasteiger partial charge in [0, 0.05) is 17.7 Å². The maximum absolute atomic E-state index is 14.1. The van der Waals surface area contributed by atoms with Crippen LogP contribution in [-0.2, 0) is 4.79 Å². The van der Waals surface area contributed by atoms with E-state index >= 15 is 0 Å². The summed E-state index contributed by atoms with van der Waals surface area (Å²) in [6.07, 6.45) is 0.0460. The molecule has 2 rings (SSSR count). The van der Waals surface area contributed by atoms with Crippen LogP contribution in [0, 0.1) is 0 Å². The Morgan fingerprint density at radius 2 is 1.55 bits per heavy atom. The van der Waals surface area contributed by atoms with Crippen LogP contribution in [0.2, 0.25) is 0 Å². The Bertz CT molecular complexity index is 974. The number of rotatable bonds is 10. The van der Waals surface area contributed by atoms with Crippen LogP contribution in [0.5, 0.6) is 23.0 Å². The molecule has 2 N–H and O–H groups in total. The van der Waals surface area contributed by atoms with Crippen LogP contribution in [0.3, 0.4) is 0 Å². The van der Waals surface area contributed by atoms with Gasteiger partial charge in [-0.3, -0.25) is 4.79 Å². The van der Waals surface area contributed by atoms with Crippen molar-refractivity contribution in [2.45, 2.75) is 0 Å². The smallest absolute Gasteiger partial charge is 0.278 e. The summed E-state index contributed by atoms with van der Waals surface area (Å²) in [5.74, 6) is 1.09. The molecule has 0 saturated carbocycles. The van der Waals surface area contributed by atoms with E-state index in [1.165, 1.54) is 64.8 Å². The highest BCUT2D eigenvalue weighted by Gasteiger charge is 2.20. The van der Waals surface area contributed by atoms with E-state index in [0.29, 0.717) is 17.6 Å². The minimum Gasteiger partial charge on any atom is -0.496 e. The number of benzene rings is 2. The number of halogens is 2. The van der Waals surface area contributed by atoms with Crippen molar-refractivity contribution in [3.63, 3.8) is 0 Å². The predicted molar refractivity (Wildman–Crippen MR) is 111 cm³/mol. The third-order valence-electron chi connectivity index (χ3n) is 4.44. The highest BCUT2D eigenvalue weighted by atomic mass is 19.3. The van der Waals surface area contributed by atoms with E-state index < -0.39 is 6.08 Å². The molecule has 0 unspecified atom stereocenters. The van der Waals surface area contributed by atoms with Crippen LogP contribution in [0.25, 0.3) is 11.6 Å². The summed E-state index contributed by atoms with van der Waals surface area (Å²) >= 11 is 0. The molecule has 0 aliphatic carbocycles. The van der Waals surface area contributed by atoms with Gasteiger partial charge in [-0.15, -0.1) is 0 Å². The van der Waals surface area contributed by atoms with E-state index in [1.54, 1.807) is 0 Å². The van der Waals surface area contributed by atoms with Crippen LogP contribution >= 0.6 is 0 Å². The molecular weight excluding hydrogens is 412 g/mol. The van der Waals surface area contributed by atoms with Crippen molar-refractivity contribution in [1.29, 1.82) is 0 Å². The van der Waals surface area contributed by atoms with E-state index in [9.17, 15) is 13.6 Å². The molecule has 9 heteroatoms. The normalized spacial score (nSPS) is 11.0. The number of hydrogen-bond acceptors (Lipinski definition) is 7. The standard InChI is InChI=1S/C22H23F2NO6/c1-28-17-6-5-14(8-15(17)7-13(12-26)11-25-27)20(22(23)24)16-9-18(29-2)21(31-4)19(10-16)30-3/h5-10,12,25,27H,11H2,1-4H3/b13-7-. The molecule has 2 aromatic rings. The van der Waals surface area contributed by atoms with Crippen LogP contribution in [-0.4, -0.2) is 46.5 Å². The molecule has 0 atom stereocenters. The number of hydroxylamine groups is 1. The molecule has 0 aliphatic heterocycles. The topological polar surface area (TPSA) is 86.2 Å². The van der Waals surface area contributed by atoms with Gasteiger partial charge in [0.2, 0.25) is 5.75 Å². The Kier molecular flexibility index (Phi) is 8.53. The Morgan fingerprint density at radius 1 is 0.935 bits per heavy atom. The Hall–Kier alpha value is -3.43. The molecule has 0 aromatic heterocycles. The van der Waals surface area contributed by atoms with Crippen molar-refractivity contribution in [2.75, 3.05) is 35.0 Å². The third-order valence-corrected chi connectivity index (χ3v) is 4.44. The van der Waals surface area contributed by atoms with Gasteiger partial charge in [-0.2, -0.15) is 8.78 Å². The summed E-state index contributed by atoms with van der Waals surface area (Å²) in [5.41, 5.74) is 2.41. The van der Waals surface area contributed by atoms with Gasteiger partial charge < -0.3 is 24.2 Å². The SMILES string of the molecule is COc1ccc(C(=C(F)F)c2cc(OC)c(OC)c(OC)c2)cc1/C=C(\C=O)CNO. The number of methoxy groups -OCH3 is 4. The minimum absolute atomic E-state index is 0.121. The zero-order chi connectivity index (χ0) is 23.0. The zero-order valence-electron chi connectivity index (χ0n) is 17.5. The summed E-state index contributed by atoms with van der Waals surface area (Å²) < 4.78 is 49.3. The molecule has 0 bridgehead atoms. The van der Waals surface area contributed by atoms with Gasteiger partial charge in [0.15, 0.2) is 11.5 Å². The van der Waals surface area contributed by atoms with Gasteiger partial charge in [-0.05, 0) is 41.5 Å². The van der Waals surface area contributed by atoms with Crippen molar-refractivity contribution >= 4 is 17.9 Å². The number of ether oxygens (including phenoxy) is 4. The lowest BCUT2D eigenvalue weighted by Crippen LogP contribution is -2.12. The minimum atomic E-state index is -1.93. The molecule has 0 saturated heterocycles. The van der Waals surface area contributed by atoms with Gasteiger partial charge in [-0.25, -0.2) is 5.48 Å². The van der Waals surface area contributed by atoms with Crippen LogP contribution in [0.1, 0.15) is 16.7 Å². The first kappa shape index (κ1) is 23.8. The number of carbonyl (C=O) groups is 1. The highest BCUT2D eigenvalue weighted by Crippen LogP contribution is 2.42. The zero-order valence-corrected chi connectivity index (χ0v) is 17.5. The second-order valence-corrected chi connectivity index (χ2v) is 6.18. The molecule has 31 heavy (non-hydrogen) atoms. The number of nitrogens with one attached hydrogen (secondary N) is 1. The average Bonchev–Trinajstić information content (AvgIpc) is 2.78. The van der Waals surface area contributed by atoms with Gasteiger partial charge in [0.1, 0.15) is 12.0 Å². The molecule has 2 aromatic carbocycles. The maximum atomic E-state index is 14.1. The Labute approximate surface area is 178 Å². The van der Waals surface area contributed by atoms with E-state index in [2.05, 4.69) is 0 Å². The van der Waals surface area contributed by atoms with Crippen molar-refractivity contribution in [3.05, 3.63) is 58.7 Å². The van der Waals surface area contributed by atoms with Crippen molar-refractivity contribution in [3.8, 4) is 23.0 Å². The fraction of sp³-hybridized carbons (Fsp3) is 0.227. The van der Waals surface area contributed by atoms with Gasteiger partial charge in [-0.1, -0.05) is 6.07 Å². The second-order valence-electron chi connectivity index (χ2n) is 6.18. The molecule has 7 nitrogen and oxygen atoms in total. The first-order valence-corrected chi connectivity index (χ1v) is 9.00. The van der Waals surface area contributed by atoms with E-state index in [1.807, 2.05) is 5.48 Å². The highest BCUT2D eigenvalue weighted by molar-refractivity contribution is 5.87. The van der Waals surface area contributed by atoms with E-state index in [4.69, 9.17) is 24.2 Å². The molecule has 0 fully saturated rings. The third kappa shape index (κ3) is 5.39. The second kappa shape index (κ2) is 11.1. The van der Waals surface area contributed by atoms with Crippen molar-refractivity contribution in [1.82, 2.24) is 5.48 Å². The number of aldehydes is 1. The lowest BCUT2D eigenvalue weighted by molar-refractivity contribution is -0.105. The molecule has 0 amide bonds. The quantitative estimate of drug-likeness (QED) is 0.332.